The average Bonchev–Trinajstić information content (AvgIpc) is 2.25. The first-order valence-electron chi connectivity index (χ1n) is 5.28. The van der Waals surface area contributed by atoms with E-state index in [1.165, 1.54) is 17.1 Å². The first kappa shape index (κ1) is 13.1. The maximum atomic E-state index is 3.52. The van der Waals surface area contributed by atoms with Crippen molar-refractivity contribution in [2.75, 3.05) is 11.5 Å². The van der Waals surface area contributed by atoms with Gasteiger partial charge in [-0.05, 0) is 30.4 Å². The molecule has 0 amide bonds. The molecule has 0 bridgehead atoms. The van der Waals surface area contributed by atoms with Crippen LogP contribution in [0.3, 0.4) is 0 Å². The van der Waals surface area contributed by atoms with Gasteiger partial charge >= 0.3 is 0 Å². The van der Waals surface area contributed by atoms with Crippen LogP contribution in [0.15, 0.2) is 28.7 Å². The fourth-order valence-corrected chi connectivity index (χ4v) is 2.22. The molecule has 1 aromatic carbocycles. The standard InChI is InChI=1S/C12H18BrNS/c1-3-15-9-10(2)14-8-11-4-6-12(13)7-5-11/h4-7,10,14H,3,8-9H2,1-2H3. The van der Waals surface area contributed by atoms with E-state index in [4.69, 9.17) is 0 Å². The molecule has 3 heteroatoms. The molecule has 1 atom stereocenters. The smallest absolute Gasteiger partial charge is 0.0208 e. The van der Waals surface area contributed by atoms with Crippen LogP contribution in [0.25, 0.3) is 0 Å². The highest BCUT2D eigenvalue weighted by molar-refractivity contribution is 9.10. The summed E-state index contributed by atoms with van der Waals surface area (Å²) < 4.78 is 1.14. The molecule has 0 aliphatic carbocycles. The van der Waals surface area contributed by atoms with Crippen molar-refractivity contribution in [3.05, 3.63) is 34.3 Å². The van der Waals surface area contributed by atoms with Crippen molar-refractivity contribution in [2.45, 2.75) is 26.4 Å². The van der Waals surface area contributed by atoms with Crippen molar-refractivity contribution in [3.8, 4) is 0 Å². The summed E-state index contributed by atoms with van der Waals surface area (Å²) in [4.78, 5) is 0. The molecule has 0 fully saturated rings. The Kier molecular flexibility index (Phi) is 6.37. The lowest BCUT2D eigenvalue weighted by Crippen LogP contribution is -2.27. The summed E-state index contributed by atoms with van der Waals surface area (Å²) in [5.74, 6) is 2.39. The van der Waals surface area contributed by atoms with Crippen LogP contribution >= 0.6 is 27.7 Å². The molecule has 0 aromatic heterocycles. The van der Waals surface area contributed by atoms with Crippen LogP contribution in [-0.4, -0.2) is 17.5 Å². The lowest BCUT2D eigenvalue weighted by atomic mass is 10.2. The van der Waals surface area contributed by atoms with Gasteiger partial charge in [-0.25, -0.2) is 0 Å². The topological polar surface area (TPSA) is 12.0 Å². The minimum atomic E-state index is 0.582. The Bertz CT molecular complexity index is 273. The third kappa shape index (κ3) is 5.59. The van der Waals surface area contributed by atoms with E-state index in [1.54, 1.807) is 0 Å². The quantitative estimate of drug-likeness (QED) is 0.857. The summed E-state index contributed by atoms with van der Waals surface area (Å²) in [6.07, 6.45) is 0. The fourth-order valence-electron chi connectivity index (χ4n) is 1.25. The highest BCUT2D eigenvalue weighted by Crippen LogP contribution is 2.10. The minimum Gasteiger partial charge on any atom is -0.309 e. The third-order valence-electron chi connectivity index (χ3n) is 2.14. The van der Waals surface area contributed by atoms with E-state index in [0.717, 1.165) is 11.0 Å². The normalized spacial score (nSPS) is 12.7. The lowest BCUT2D eigenvalue weighted by Gasteiger charge is -2.12. The zero-order valence-corrected chi connectivity index (χ0v) is 11.7. The first-order valence-corrected chi connectivity index (χ1v) is 7.22. The molecule has 1 aromatic rings. The fraction of sp³-hybridized carbons (Fsp3) is 0.500. The van der Waals surface area contributed by atoms with Crippen molar-refractivity contribution in [2.24, 2.45) is 0 Å². The van der Waals surface area contributed by atoms with Crippen LogP contribution in [0.4, 0.5) is 0 Å². The minimum absolute atomic E-state index is 0.582. The zero-order valence-electron chi connectivity index (χ0n) is 9.29. The molecular weight excluding hydrogens is 270 g/mol. The Balaban J connectivity index is 2.27. The predicted molar refractivity (Wildman–Crippen MR) is 73.4 cm³/mol. The maximum Gasteiger partial charge on any atom is 0.0208 e. The summed E-state index contributed by atoms with van der Waals surface area (Å²) in [6.45, 7) is 5.40. The molecule has 1 nitrogen and oxygen atoms in total. The Morgan fingerprint density at radius 2 is 2.00 bits per heavy atom. The second-order valence-electron chi connectivity index (χ2n) is 3.57. The third-order valence-corrected chi connectivity index (χ3v) is 3.81. The van der Waals surface area contributed by atoms with Crippen LogP contribution in [0, 0.1) is 0 Å². The predicted octanol–water partition coefficient (Wildman–Crippen LogP) is 3.68. The Morgan fingerprint density at radius 3 is 2.60 bits per heavy atom. The van der Waals surface area contributed by atoms with Crippen LogP contribution < -0.4 is 5.32 Å². The summed E-state index contributed by atoms with van der Waals surface area (Å²) in [5.41, 5.74) is 1.34. The van der Waals surface area contributed by atoms with Gasteiger partial charge in [0, 0.05) is 22.8 Å². The van der Waals surface area contributed by atoms with Crippen LogP contribution in [0.1, 0.15) is 19.4 Å². The molecule has 1 rings (SSSR count). The lowest BCUT2D eigenvalue weighted by molar-refractivity contribution is 0.596. The monoisotopic (exact) mass is 287 g/mol. The number of halogens is 1. The average molecular weight is 288 g/mol. The van der Waals surface area contributed by atoms with E-state index in [9.17, 15) is 0 Å². The number of nitrogens with one attached hydrogen (secondary N) is 1. The van der Waals surface area contributed by atoms with E-state index in [0.29, 0.717) is 6.04 Å². The van der Waals surface area contributed by atoms with Gasteiger partial charge in [-0.2, -0.15) is 11.8 Å². The summed E-state index contributed by atoms with van der Waals surface area (Å²) in [6, 6.07) is 9.05. The first-order chi connectivity index (χ1) is 7.22. The largest absolute Gasteiger partial charge is 0.309 e. The summed E-state index contributed by atoms with van der Waals surface area (Å²) in [5, 5.41) is 3.52. The molecule has 1 N–H and O–H groups in total. The molecule has 84 valence electrons. The van der Waals surface area contributed by atoms with Crippen LogP contribution in [0.5, 0.6) is 0 Å². The molecule has 0 spiro atoms. The van der Waals surface area contributed by atoms with E-state index >= 15 is 0 Å². The van der Waals surface area contributed by atoms with E-state index < -0.39 is 0 Å². The van der Waals surface area contributed by atoms with E-state index in [-0.39, 0.29) is 0 Å². The molecular formula is C12H18BrNS. The van der Waals surface area contributed by atoms with Gasteiger partial charge in [0.05, 0.1) is 0 Å². The summed E-state index contributed by atoms with van der Waals surface area (Å²) >= 11 is 5.42. The van der Waals surface area contributed by atoms with Gasteiger partial charge in [-0.15, -0.1) is 0 Å². The second kappa shape index (κ2) is 7.31. The van der Waals surface area contributed by atoms with Crippen molar-refractivity contribution < 1.29 is 0 Å². The molecule has 15 heavy (non-hydrogen) atoms. The van der Waals surface area contributed by atoms with Crippen molar-refractivity contribution in [3.63, 3.8) is 0 Å². The van der Waals surface area contributed by atoms with Gasteiger partial charge in [0.25, 0.3) is 0 Å². The molecule has 0 heterocycles. The number of hydrogen-bond acceptors (Lipinski definition) is 2. The molecule has 0 radical (unpaired) electrons. The van der Waals surface area contributed by atoms with Crippen molar-refractivity contribution in [1.82, 2.24) is 5.32 Å². The molecule has 0 saturated heterocycles. The van der Waals surface area contributed by atoms with Gasteiger partial charge in [-0.1, -0.05) is 35.0 Å². The van der Waals surface area contributed by atoms with Gasteiger partial charge in [0.15, 0.2) is 0 Å². The second-order valence-corrected chi connectivity index (χ2v) is 5.80. The Labute approximate surface area is 105 Å². The number of rotatable bonds is 6. The highest BCUT2D eigenvalue weighted by atomic mass is 79.9. The summed E-state index contributed by atoms with van der Waals surface area (Å²) in [7, 11) is 0. The molecule has 1 unspecified atom stereocenters. The molecule has 0 aliphatic rings. The van der Waals surface area contributed by atoms with Gasteiger partial charge < -0.3 is 5.32 Å². The van der Waals surface area contributed by atoms with Crippen molar-refractivity contribution in [1.29, 1.82) is 0 Å². The maximum absolute atomic E-state index is 3.52. The Morgan fingerprint density at radius 1 is 1.33 bits per heavy atom. The Hall–Kier alpha value is 0.01000. The van der Waals surface area contributed by atoms with Crippen LogP contribution in [0.2, 0.25) is 0 Å². The number of hydrogen-bond donors (Lipinski definition) is 1. The molecule has 0 saturated carbocycles. The highest BCUT2D eigenvalue weighted by Gasteiger charge is 2.00. The van der Waals surface area contributed by atoms with Gasteiger partial charge in [0.1, 0.15) is 0 Å². The van der Waals surface area contributed by atoms with E-state index in [2.05, 4.69) is 59.4 Å². The van der Waals surface area contributed by atoms with Crippen LogP contribution in [-0.2, 0) is 6.54 Å². The van der Waals surface area contributed by atoms with Gasteiger partial charge in [-0.3, -0.25) is 0 Å². The molecule has 0 aliphatic heterocycles. The SMILES string of the molecule is CCSCC(C)NCc1ccc(Br)cc1. The van der Waals surface area contributed by atoms with Gasteiger partial charge in [0.2, 0.25) is 0 Å². The van der Waals surface area contributed by atoms with Crippen molar-refractivity contribution >= 4 is 27.7 Å². The number of benzene rings is 1. The van der Waals surface area contributed by atoms with E-state index in [1.807, 2.05) is 11.8 Å². The number of thioether (sulfide) groups is 1. The zero-order chi connectivity index (χ0) is 11.1.